The first-order chi connectivity index (χ1) is 35.7. The zero-order chi connectivity index (χ0) is 48.6. The Hall–Kier alpha value is -9.00. The molecule has 6 nitrogen and oxygen atoms in total. The van der Waals surface area contributed by atoms with Crippen LogP contribution < -0.4 is 0 Å². The van der Waals surface area contributed by atoms with E-state index in [0.717, 1.165) is 66.8 Å². The van der Waals surface area contributed by atoms with Gasteiger partial charge in [-0.3, -0.25) is 30.0 Å². The average Bonchev–Trinajstić information content (AvgIpc) is 3.45. The van der Waals surface area contributed by atoms with Gasteiger partial charge in [0.2, 0.25) is 0 Å². The first kappa shape index (κ1) is 46.7. The molecular formula is C66H54N6. The van der Waals surface area contributed by atoms with E-state index in [9.17, 15) is 0 Å². The highest BCUT2D eigenvalue weighted by Gasteiger charge is 2.26. The number of rotatable bonds is 6. The number of hydrogen-bond acceptors (Lipinski definition) is 6. The third kappa shape index (κ3) is 12.0. The van der Waals surface area contributed by atoms with Crippen LogP contribution in [-0.2, 0) is 0 Å². The molecule has 0 aliphatic carbocycles. The number of aliphatic imine (C=N–C) groups is 6. The monoisotopic (exact) mass is 930 g/mol. The summed E-state index contributed by atoms with van der Waals surface area (Å²) in [6, 6.07) is 85.8. The van der Waals surface area contributed by atoms with Gasteiger partial charge < -0.3 is 0 Å². The van der Waals surface area contributed by atoms with Crippen LogP contribution in [0.5, 0.6) is 0 Å². The van der Waals surface area contributed by atoms with Crippen molar-refractivity contribution in [2.24, 2.45) is 30.0 Å². The van der Waals surface area contributed by atoms with E-state index >= 15 is 0 Å². The summed E-state index contributed by atoms with van der Waals surface area (Å²) in [5.74, 6) is 0. The van der Waals surface area contributed by atoms with Gasteiger partial charge >= 0.3 is 0 Å². The fraction of sp³-hybridized carbons (Fsp3) is 0.0909. The van der Waals surface area contributed by atoms with Crippen molar-refractivity contribution in [2.45, 2.75) is 36.3 Å². The quantitative estimate of drug-likeness (QED) is 0.159. The molecule has 1 heterocycles. The summed E-state index contributed by atoms with van der Waals surface area (Å²) >= 11 is 0. The van der Waals surface area contributed by atoms with Crippen molar-refractivity contribution in [1.82, 2.24) is 0 Å². The molecule has 6 heteroatoms. The van der Waals surface area contributed by atoms with Crippen LogP contribution in [0.3, 0.4) is 0 Å². The highest BCUT2D eigenvalue weighted by Crippen LogP contribution is 2.38. The molecule has 0 fully saturated rings. The standard InChI is InChI=1S/C66H54N6/c1-7-28-55(29-8-1)61-62(56-30-9-2-10-31-56)68-44-50-23-20-25-52(41-50)46-70-65(59-36-15-5-16-37-59)66(60-38-17-6-18-39-60)72-48-54-27-21-26-53(42-54)47-71-64(58-34-13-4-14-35-58)63(57-32-11-3-12-33-57)69-45-51-24-19-22-49(40-51)43-67-61/h1-48,61-66H/t61-,62-,63-,64-,65-,66-/m0/s1. The fourth-order valence-corrected chi connectivity index (χ4v) is 9.16. The lowest BCUT2D eigenvalue weighted by atomic mass is 9.94. The second-order valence-corrected chi connectivity index (χ2v) is 17.8. The first-order valence-corrected chi connectivity index (χ1v) is 24.5. The van der Waals surface area contributed by atoms with Gasteiger partial charge in [-0.05, 0) is 85.0 Å². The third-order valence-electron chi connectivity index (χ3n) is 12.8. The zero-order valence-electron chi connectivity index (χ0n) is 39.9. The molecule has 6 atom stereocenters. The molecule has 348 valence electrons. The maximum atomic E-state index is 5.37. The highest BCUT2D eigenvalue weighted by molar-refractivity contribution is 5.89. The predicted octanol–water partition coefficient (Wildman–Crippen LogP) is 15.1. The summed E-state index contributed by atoms with van der Waals surface area (Å²) in [5, 5.41) is 0. The maximum absolute atomic E-state index is 5.37. The largest absolute Gasteiger partial charge is 0.282 e. The molecule has 0 unspecified atom stereocenters. The van der Waals surface area contributed by atoms with Crippen molar-refractivity contribution < 1.29 is 0 Å². The molecule has 0 saturated carbocycles. The molecule has 9 aromatic rings. The van der Waals surface area contributed by atoms with Crippen LogP contribution in [0, 0.1) is 0 Å². The Morgan fingerprint density at radius 2 is 0.319 bits per heavy atom. The Morgan fingerprint density at radius 3 is 0.472 bits per heavy atom. The van der Waals surface area contributed by atoms with Crippen LogP contribution in [0.1, 0.15) is 103 Å². The molecule has 1 aliphatic heterocycles. The summed E-state index contributed by atoms with van der Waals surface area (Å²) in [5.41, 5.74) is 12.1. The molecule has 0 spiro atoms. The van der Waals surface area contributed by atoms with E-state index in [1.807, 2.05) is 73.7 Å². The fourth-order valence-electron chi connectivity index (χ4n) is 9.16. The minimum absolute atomic E-state index is 0.330. The van der Waals surface area contributed by atoms with Crippen molar-refractivity contribution in [3.05, 3.63) is 322 Å². The molecule has 0 saturated heterocycles. The summed E-state index contributed by atoms with van der Waals surface area (Å²) in [6.45, 7) is 0. The van der Waals surface area contributed by atoms with Gasteiger partial charge in [0, 0.05) is 37.3 Å². The number of benzene rings is 9. The molecule has 6 bridgehead atoms. The minimum Gasteiger partial charge on any atom is -0.282 e. The van der Waals surface area contributed by atoms with E-state index in [2.05, 4.69) is 218 Å². The Labute approximate surface area is 423 Å². The predicted molar refractivity (Wildman–Crippen MR) is 300 cm³/mol. The van der Waals surface area contributed by atoms with Crippen molar-refractivity contribution in [3.8, 4) is 0 Å². The van der Waals surface area contributed by atoms with E-state index in [-0.39, 0.29) is 36.3 Å². The van der Waals surface area contributed by atoms with Gasteiger partial charge in [-0.1, -0.05) is 237 Å². The minimum atomic E-state index is -0.330. The number of fused-ring (bicyclic) bond motifs is 6. The molecule has 9 aromatic carbocycles. The Kier molecular flexibility index (Phi) is 15.3. The van der Waals surface area contributed by atoms with E-state index in [4.69, 9.17) is 30.0 Å². The lowest BCUT2D eigenvalue weighted by molar-refractivity contribution is 0.583. The number of nitrogens with zero attached hydrogens (tertiary/aromatic N) is 6. The van der Waals surface area contributed by atoms with Gasteiger partial charge in [0.05, 0.1) is 0 Å². The van der Waals surface area contributed by atoms with Crippen molar-refractivity contribution >= 4 is 37.3 Å². The SMILES string of the molecule is C1=N[C@@H](c2ccccc2)[C@H](c2ccccc2)N=Cc2cccc(c2)C=N[C@@H](c2ccccc2)[C@H](c2ccccc2)N=Cc2cccc(c2)C=N[C@@H](c2ccccc2)[C@H](c2ccccc2)N=Cc2cccc1c2. The van der Waals surface area contributed by atoms with Crippen LogP contribution in [0.15, 0.2) is 285 Å². The van der Waals surface area contributed by atoms with Crippen LogP contribution >= 0.6 is 0 Å². The van der Waals surface area contributed by atoms with Crippen LogP contribution in [-0.4, -0.2) is 37.3 Å². The molecule has 1 aliphatic rings. The van der Waals surface area contributed by atoms with E-state index in [1.165, 1.54) is 0 Å². The smallest absolute Gasteiger partial charge is 0.101 e. The van der Waals surface area contributed by atoms with Crippen LogP contribution in [0.2, 0.25) is 0 Å². The van der Waals surface area contributed by atoms with Gasteiger partial charge in [0.25, 0.3) is 0 Å². The molecule has 0 N–H and O–H groups in total. The molecule has 0 aromatic heterocycles. The molecular weight excluding hydrogens is 877 g/mol. The second-order valence-electron chi connectivity index (χ2n) is 17.8. The van der Waals surface area contributed by atoms with Gasteiger partial charge in [-0.25, -0.2) is 0 Å². The van der Waals surface area contributed by atoms with Crippen molar-refractivity contribution in [2.75, 3.05) is 0 Å². The third-order valence-corrected chi connectivity index (χ3v) is 12.8. The Bertz CT molecular complexity index is 2750. The van der Waals surface area contributed by atoms with Gasteiger partial charge in [-0.15, -0.1) is 0 Å². The summed E-state index contributed by atoms with van der Waals surface area (Å²) < 4.78 is 0. The molecule has 0 radical (unpaired) electrons. The Morgan fingerprint density at radius 1 is 0.167 bits per heavy atom. The molecule has 10 rings (SSSR count). The average molecular weight is 931 g/mol. The van der Waals surface area contributed by atoms with Crippen molar-refractivity contribution in [3.63, 3.8) is 0 Å². The van der Waals surface area contributed by atoms with Crippen LogP contribution in [0.25, 0.3) is 0 Å². The van der Waals surface area contributed by atoms with Crippen molar-refractivity contribution in [1.29, 1.82) is 0 Å². The first-order valence-electron chi connectivity index (χ1n) is 24.5. The second kappa shape index (κ2) is 23.5. The van der Waals surface area contributed by atoms with Gasteiger partial charge in [-0.2, -0.15) is 0 Å². The van der Waals surface area contributed by atoms with E-state index in [1.54, 1.807) is 0 Å². The summed E-state index contributed by atoms with van der Waals surface area (Å²) in [7, 11) is 0. The Balaban J connectivity index is 1.13. The van der Waals surface area contributed by atoms with Gasteiger partial charge in [0.15, 0.2) is 0 Å². The summed E-state index contributed by atoms with van der Waals surface area (Å²) in [4.78, 5) is 32.2. The highest BCUT2D eigenvalue weighted by atomic mass is 14.9. The lowest BCUT2D eigenvalue weighted by Gasteiger charge is -2.22. The maximum Gasteiger partial charge on any atom is 0.101 e. The topological polar surface area (TPSA) is 74.2 Å². The van der Waals surface area contributed by atoms with Gasteiger partial charge in [0.1, 0.15) is 36.3 Å². The van der Waals surface area contributed by atoms with E-state index < -0.39 is 0 Å². The summed E-state index contributed by atoms with van der Waals surface area (Å²) in [6.07, 6.45) is 11.8. The zero-order valence-corrected chi connectivity index (χ0v) is 39.9. The number of hydrogen-bond donors (Lipinski definition) is 0. The lowest BCUT2D eigenvalue weighted by Crippen LogP contribution is -2.09. The normalized spacial score (nSPS) is 19.3. The van der Waals surface area contributed by atoms with E-state index in [0.29, 0.717) is 0 Å². The molecule has 72 heavy (non-hydrogen) atoms. The molecule has 0 amide bonds. The van der Waals surface area contributed by atoms with Crippen LogP contribution in [0.4, 0.5) is 0 Å².